The van der Waals surface area contributed by atoms with E-state index in [2.05, 4.69) is 0 Å². The minimum atomic E-state index is 0.679. The molecule has 0 heterocycles. The van der Waals surface area contributed by atoms with Gasteiger partial charge in [-0.2, -0.15) is 0 Å². The second-order valence-electron chi connectivity index (χ2n) is 3.65. The van der Waals surface area contributed by atoms with Crippen molar-refractivity contribution in [2.24, 2.45) is 0 Å². The number of hydrogen-bond acceptors (Lipinski definition) is 2. The van der Waals surface area contributed by atoms with Gasteiger partial charge in [-0.05, 0) is 42.8 Å². The summed E-state index contributed by atoms with van der Waals surface area (Å²) in [7, 11) is 0. The van der Waals surface area contributed by atoms with E-state index in [9.17, 15) is 0 Å². The van der Waals surface area contributed by atoms with E-state index in [1.807, 2.05) is 31.2 Å². The summed E-state index contributed by atoms with van der Waals surface area (Å²) in [6.45, 7) is 2.00. The normalized spacial score (nSPS) is 10.5. The Kier molecular flexibility index (Phi) is 3.87. The van der Waals surface area contributed by atoms with Gasteiger partial charge in [-0.15, -0.1) is 0 Å². The first-order chi connectivity index (χ1) is 8.08. The molecule has 4 heteroatoms. The van der Waals surface area contributed by atoms with E-state index >= 15 is 0 Å². The Morgan fingerprint density at radius 1 is 1.06 bits per heavy atom. The molecule has 0 aliphatic carbocycles. The van der Waals surface area contributed by atoms with Gasteiger partial charge in [-0.1, -0.05) is 41.0 Å². The second-order valence-corrected chi connectivity index (χ2v) is 5.57. The Morgan fingerprint density at radius 3 is 2.59 bits per heavy atom. The predicted molar refractivity (Wildman–Crippen MR) is 76.2 cm³/mol. The maximum atomic E-state index is 6.13. The molecular formula is C13H11Cl2NS. The van der Waals surface area contributed by atoms with Gasteiger partial charge in [0.1, 0.15) is 0 Å². The molecule has 0 aliphatic rings. The molecule has 2 aromatic rings. The van der Waals surface area contributed by atoms with Crippen LogP contribution in [0.3, 0.4) is 0 Å². The average molecular weight is 284 g/mol. The monoisotopic (exact) mass is 283 g/mol. The summed E-state index contributed by atoms with van der Waals surface area (Å²) in [4.78, 5) is 2.03. The topological polar surface area (TPSA) is 26.0 Å². The summed E-state index contributed by atoms with van der Waals surface area (Å²) in [5.41, 5.74) is 7.72. The molecule has 2 rings (SSSR count). The summed E-state index contributed by atoms with van der Waals surface area (Å²) in [6.07, 6.45) is 0. The Hall–Kier alpha value is -0.830. The maximum absolute atomic E-state index is 6.13. The van der Waals surface area contributed by atoms with E-state index in [1.54, 1.807) is 23.9 Å². The number of rotatable bonds is 2. The average Bonchev–Trinajstić information content (AvgIpc) is 2.30. The first kappa shape index (κ1) is 12.6. The number of nitrogen functional groups attached to an aromatic ring is 1. The van der Waals surface area contributed by atoms with Crippen molar-refractivity contribution in [2.75, 3.05) is 5.73 Å². The first-order valence-corrected chi connectivity index (χ1v) is 6.63. The fourth-order valence-corrected chi connectivity index (χ4v) is 2.89. The van der Waals surface area contributed by atoms with Crippen molar-refractivity contribution >= 4 is 40.7 Å². The van der Waals surface area contributed by atoms with E-state index in [-0.39, 0.29) is 0 Å². The van der Waals surface area contributed by atoms with Gasteiger partial charge in [0.2, 0.25) is 0 Å². The van der Waals surface area contributed by atoms with Crippen LogP contribution >= 0.6 is 35.0 Å². The van der Waals surface area contributed by atoms with Crippen molar-refractivity contribution in [3.8, 4) is 0 Å². The van der Waals surface area contributed by atoms with Crippen LogP contribution in [0.2, 0.25) is 10.0 Å². The number of anilines is 1. The molecule has 0 unspecified atom stereocenters. The molecular weight excluding hydrogens is 273 g/mol. The highest BCUT2D eigenvalue weighted by molar-refractivity contribution is 7.99. The van der Waals surface area contributed by atoms with Crippen LogP contribution in [-0.4, -0.2) is 0 Å². The summed E-state index contributed by atoms with van der Waals surface area (Å²) >= 11 is 13.7. The molecule has 0 saturated carbocycles. The molecule has 0 saturated heterocycles. The fraction of sp³-hybridized carbons (Fsp3) is 0.0769. The van der Waals surface area contributed by atoms with E-state index < -0.39 is 0 Å². The Morgan fingerprint density at radius 2 is 1.82 bits per heavy atom. The Labute approximate surface area is 115 Å². The molecule has 0 fully saturated rings. The van der Waals surface area contributed by atoms with Crippen molar-refractivity contribution in [2.45, 2.75) is 16.7 Å². The minimum absolute atomic E-state index is 0.679. The highest BCUT2D eigenvalue weighted by atomic mass is 35.5. The molecule has 0 atom stereocenters. The van der Waals surface area contributed by atoms with Gasteiger partial charge in [0, 0.05) is 20.5 Å². The van der Waals surface area contributed by atoms with Crippen molar-refractivity contribution < 1.29 is 0 Å². The van der Waals surface area contributed by atoms with Gasteiger partial charge < -0.3 is 5.73 Å². The summed E-state index contributed by atoms with van der Waals surface area (Å²) in [5, 5.41) is 1.37. The van der Waals surface area contributed by atoms with E-state index in [1.165, 1.54) is 0 Å². The fourth-order valence-electron chi connectivity index (χ4n) is 1.42. The quantitative estimate of drug-likeness (QED) is 0.782. The molecule has 2 N–H and O–H groups in total. The molecule has 0 amide bonds. The first-order valence-electron chi connectivity index (χ1n) is 5.06. The van der Waals surface area contributed by atoms with E-state index in [4.69, 9.17) is 28.9 Å². The third-order valence-corrected chi connectivity index (χ3v) is 4.34. The van der Waals surface area contributed by atoms with E-state index in [0.29, 0.717) is 10.0 Å². The molecule has 0 bridgehead atoms. The van der Waals surface area contributed by atoms with Crippen LogP contribution in [0, 0.1) is 6.92 Å². The zero-order chi connectivity index (χ0) is 12.4. The Balaban J connectivity index is 2.38. The highest BCUT2D eigenvalue weighted by Gasteiger charge is 2.07. The van der Waals surface area contributed by atoms with Crippen LogP contribution in [0.15, 0.2) is 46.2 Å². The van der Waals surface area contributed by atoms with Crippen LogP contribution in [0.25, 0.3) is 0 Å². The van der Waals surface area contributed by atoms with Gasteiger partial charge in [-0.3, -0.25) is 0 Å². The van der Waals surface area contributed by atoms with Gasteiger partial charge in [0.15, 0.2) is 0 Å². The lowest BCUT2D eigenvalue weighted by atomic mass is 10.2. The third kappa shape index (κ3) is 2.89. The second kappa shape index (κ2) is 5.21. The van der Waals surface area contributed by atoms with Gasteiger partial charge >= 0.3 is 0 Å². The minimum Gasteiger partial charge on any atom is -0.398 e. The standard InChI is InChI=1S/C13H11Cl2NS/c1-8-11(16)3-2-4-12(8)17-13-7-9(14)5-6-10(13)15/h2-7H,16H2,1H3. The number of hydrogen-bond donors (Lipinski definition) is 1. The molecule has 88 valence electrons. The molecule has 0 aromatic heterocycles. The molecule has 2 aromatic carbocycles. The molecule has 0 aliphatic heterocycles. The van der Waals surface area contributed by atoms with Crippen LogP contribution in [0.1, 0.15) is 5.56 Å². The number of nitrogens with two attached hydrogens (primary N) is 1. The SMILES string of the molecule is Cc1c(N)cccc1Sc1cc(Cl)ccc1Cl. The molecule has 17 heavy (non-hydrogen) atoms. The summed E-state index contributed by atoms with van der Waals surface area (Å²) in [6, 6.07) is 11.3. The molecule has 0 radical (unpaired) electrons. The lowest BCUT2D eigenvalue weighted by Crippen LogP contribution is -1.90. The predicted octanol–water partition coefficient (Wildman–Crippen LogP) is 5.04. The molecule has 0 spiro atoms. The Bertz CT molecular complexity index is 555. The van der Waals surface area contributed by atoms with E-state index in [0.717, 1.165) is 21.0 Å². The molecule has 1 nitrogen and oxygen atoms in total. The largest absolute Gasteiger partial charge is 0.398 e. The van der Waals surface area contributed by atoms with Crippen LogP contribution < -0.4 is 5.73 Å². The van der Waals surface area contributed by atoms with Crippen molar-refractivity contribution in [3.05, 3.63) is 52.0 Å². The lowest BCUT2D eigenvalue weighted by Gasteiger charge is -2.09. The van der Waals surface area contributed by atoms with Crippen molar-refractivity contribution in [3.63, 3.8) is 0 Å². The lowest BCUT2D eigenvalue weighted by molar-refractivity contribution is 1.30. The zero-order valence-electron chi connectivity index (χ0n) is 9.21. The van der Waals surface area contributed by atoms with Gasteiger partial charge in [0.25, 0.3) is 0 Å². The van der Waals surface area contributed by atoms with Gasteiger partial charge in [0.05, 0.1) is 5.02 Å². The summed E-state index contributed by atoms with van der Waals surface area (Å²) in [5.74, 6) is 0. The van der Waals surface area contributed by atoms with Crippen molar-refractivity contribution in [1.29, 1.82) is 0 Å². The van der Waals surface area contributed by atoms with Gasteiger partial charge in [-0.25, -0.2) is 0 Å². The zero-order valence-corrected chi connectivity index (χ0v) is 11.5. The maximum Gasteiger partial charge on any atom is 0.0546 e. The highest BCUT2D eigenvalue weighted by Crippen LogP contribution is 2.37. The number of halogens is 2. The van der Waals surface area contributed by atoms with Crippen LogP contribution in [0.4, 0.5) is 5.69 Å². The van der Waals surface area contributed by atoms with Crippen molar-refractivity contribution in [1.82, 2.24) is 0 Å². The van der Waals surface area contributed by atoms with Crippen LogP contribution in [-0.2, 0) is 0 Å². The third-order valence-electron chi connectivity index (χ3n) is 2.44. The van der Waals surface area contributed by atoms with Crippen LogP contribution in [0.5, 0.6) is 0 Å². The number of benzene rings is 2. The smallest absolute Gasteiger partial charge is 0.0546 e. The summed E-state index contributed by atoms with van der Waals surface area (Å²) < 4.78 is 0.